The number of rotatable bonds is 2. The molecule has 0 bridgehead atoms. The van der Waals surface area contributed by atoms with Crippen LogP contribution in [0, 0.1) is 6.92 Å². The summed E-state index contributed by atoms with van der Waals surface area (Å²) in [7, 11) is 0. The fourth-order valence-corrected chi connectivity index (χ4v) is 1.58. The third-order valence-electron chi connectivity index (χ3n) is 2.41. The highest BCUT2D eigenvalue weighted by molar-refractivity contribution is 6.33. The monoisotopic (exact) mass is 305 g/mol. The van der Waals surface area contributed by atoms with Gasteiger partial charge in [0, 0.05) is 0 Å². The van der Waals surface area contributed by atoms with Crippen molar-refractivity contribution in [2.45, 2.75) is 13.1 Å². The third kappa shape index (κ3) is 2.90. The highest BCUT2D eigenvalue weighted by Crippen LogP contribution is 2.33. The van der Waals surface area contributed by atoms with E-state index in [9.17, 15) is 18.0 Å². The molecule has 1 N–H and O–H groups in total. The van der Waals surface area contributed by atoms with Crippen LogP contribution in [-0.4, -0.2) is 16.2 Å². The molecule has 106 valence electrons. The molecule has 0 saturated carbocycles. The largest absolute Gasteiger partial charge is 0.416 e. The Morgan fingerprint density at radius 3 is 2.60 bits per heavy atom. The van der Waals surface area contributed by atoms with Gasteiger partial charge in [-0.05, 0) is 30.3 Å². The molecular weight excluding hydrogens is 299 g/mol. The molecule has 0 spiro atoms. The number of nitrogens with zero attached hydrogens (tertiary/aromatic N) is 2. The number of carbonyl (C=O) groups excluding carboxylic acids is 1. The maximum atomic E-state index is 12.6. The van der Waals surface area contributed by atoms with Crippen molar-refractivity contribution in [3.05, 3.63) is 40.2 Å². The summed E-state index contributed by atoms with van der Waals surface area (Å²) >= 11 is 5.75. The van der Waals surface area contributed by atoms with Crippen molar-refractivity contribution in [3.8, 4) is 0 Å². The number of benzene rings is 1. The number of carbonyl (C=O) groups is 1. The highest BCUT2D eigenvalue weighted by atomic mass is 35.5. The SMILES string of the molecule is Cc1nonc1C(=O)Nc1cc(C(F)(F)F)ccc1Cl. The Balaban J connectivity index is 2.30. The summed E-state index contributed by atoms with van der Waals surface area (Å²) < 4.78 is 42.1. The zero-order valence-electron chi connectivity index (χ0n) is 9.95. The van der Waals surface area contributed by atoms with E-state index in [2.05, 4.69) is 20.3 Å². The maximum Gasteiger partial charge on any atom is 0.416 e. The van der Waals surface area contributed by atoms with Gasteiger partial charge in [0.15, 0.2) is 5.69 Å². The van der Waals surface area contributed by atoms with Crippen LogP contribution in [0.2, 0.25) is 5.02 Å². The summed E-state index contributed by atoms with van der Waals surface area (Å²) in [6.45, 7) is 1.47. The van der Waals surface area contributed by atoms with Crippen molar-refractivity contribution in [2.24, 2.45) is 0 Å². The number of aryl methyl sites for hydroxylation is 1. The first-order valence-corrected chi connectivity index (χ1v) is 5.64. The molecule has 0 atom stereocenters. The molecule has 1 aromatic carbocycles. The lowest BCUT2D eigenvalue weighted by Crippen LogP contribution is -2.15. The Kier molecular flexibility index (Phi) is 3.67. The van der Waals surface area contributed by atoms with Crippen LogP contribution in [0.15, 0.2) is 22.8 Å². The standard InChI is InChI=1S/C11H7ClF3N3O2/c1-5-9(18-20-17-5)10(19)16-8-4-6(11(13,14)15)2-3-7(8)12/h2-4H,1H3,(H,16,19). The first-order valence-electron chi connectivity index (χ1n) is 5.26. The van der Waals surface area contributed by atoms with Gasteiger partial charge in [0.05, 0.1) is 16.3 Å². The molecule has 9 heteroatoms. The first-order chi connectivity index (χ1) is 9.29. The lowest BCUT2D eigenvalue weighted by atomic mass is 10.2. The molecule has 0 radical (unpaired) electrons. The number of hydrogen-bond acceptors (Lipinski definition) is 4. The fourth-order valence-electron chi connectivity index (χ4n) is 1.42. The summed E-state index contributed by atoms with van der Waals surface area (Å²) in [5.41, 5.74) is -1.01. The summed E-state index contributed by atoms with van der Waals surface area (Å²) in [6, 6.07) is 2.61. The minimum Gasteiger partial charge on any atom is -0.319 e. The van der Waals surface area contributed by atoms with Crippen LogP contribution < -0.4 is 5.32 Å². The van der Waals surface area contributed by atoms with Gasteiger partial charge in [0.1, 0.15) is 5.69 Å². The number of halogens is 4. The molecule has 0 fully saturated rings. The number of aromatic nitrogens is 2. The van der Waals surface area contributed by atoms with Gasteiger partial charge >= 0.3 is 6.18 Å². The molecule has 2 rings (SSSR count). The number of nitrogens with one attached hydrogen (secondary N) is 1. The summed E-state index contributed by atoms with van der Waals surface area (Å²) in [5, 5.41) is 8.95. The molecule has 1 aromatic heterocycles. The second-order valence-electron chi connectivity index (χ2n) is 3.84. The molecule has 20 heavy (non-hydrogen) atoms. The number of hydrogen-bond donors (Lipinski definition) is 1. The number of amides is 1. The van der Waals surface area contributed by atoms with Crippen LogP contribution in [0.1, 0.15) is 21.7 Å². The minimum atomic E-state index is -4.53. The Labute approximate surface area is 115 Å². The van der Waals surface area contributed by atoms with Gasteiger partial charge in [-0.15, -0.1) is 0 Å². The third-order valence-corrected chi connectivity index (χ3v) is 2.74. The second kappa shape index (κ2) is 5.12. The zero-order valence-corrected chi connectivity index (χ0v) is 10.7. The molecule has 0 unspecified atom stereocenters. The van der Waals surface area contributed by atoms with E-state index >= 15 is 0 Å². The van der Waals surface area contributed by atoms with Crippen molar-refractivity contribution in [2.75, 3.05) is 5.32 Å². The van der Waals surface area contributed by atoms with Gasteiger partial charge in [-0.1, -0.05) is 16.8 Å². The average molecular weight is 306 g/mol. The zero-order chi connectivity index (χ0) is 14.9. The van der Waals surface area contributed by atoms with E-state index in [0.717, 1.165) is 18.2 Å². The molecule has 1 amide bonds. The number of anilines is 1. The normalized spacial score (nSPS) is 11.4. The molecule has 2 aromatic rings. The van der Waals surface area contributed by atoms with Crippen molar-refractivity contribution < 1.29 is 22.6 Å². The van der Waals surface area contributed by atoms with Gasteiger partial charge in [-0.2, -0.15) is 13.2 Å². The molecule has 5 nitrogen and oxygen atoms in total. The predicted molar refractivity (Wildman–Crippen MR) is 63.4 cm³/mol. The van der Waals surface area contributed by atoms with Crippen LogP contribution in [0.5, 0.6) is 0 Å². The maximum absolute atomic E-state index is 12.6. The first kappa shape index (κ1) is 14.3. The predicted octanol–water partition coefficient (Wildman–Crippen LogP) is 3.30. The summed E-state index contributed by atoms with van der Waals surface area (Å²) in [6.07, 6.45) is -4.53. The van der Waals surface area contributed by atoms with Crippen LogP contribution in [-0.2, 0) is 6.18 Å². The van der Waals surface area contributed by atoms with E-state index in [0.29, 0.717) is 0 Å². The van der Waals surface area contributed by atoms with E-state index < -0.39 is 17.6 Å². The fraction of sp³-hybridized carbons (Fsp3) is 0.182. The summed E-state index contributed by atoms with van der Waals surface area (Å²) in [4.78, 5) is 11.8. The van der Waals surface area contributed by atoms with Crippen molar-refractivity contribution in [1.82, 2.24) is 10.3 Å². The Morgan fingerprint density at radius 2 is 2.05 bits per heavy atom. The van der Waals surface area contributed by atoms with E-state index in [4.69, 9.17) is 11.6 Å². The van der Waals surface area contributed by atoms with Crippen LogP contribution in [0.25, 0.3) is 0 Å². The smallest absolute Gasteiger partial charge is 0.319 e. The molecule has 0 aliphatic carbocycles. The van der Waals surface area contributed by atoms with Gasteiger partial charge in [-0.3, -0.25) is 4.79 Å². The van der Waals surface area contributed by atoms with E-state index in [1.54, 1.807) is 0 Å². The van der Waals surface area contributed by atoms with Crippen LogP contribution in [0.3, 0.4) is 0 Å². The highest BCUT2D eigenvalue weighted by Gasteiger charge is 2.31. The van der Waals surface area contributed by atoms with E-state index in [1.165, 1.54) is 6.92 Å². The molecule has 1 heterocycles. The lowest BCUT2D eigenvalue weighted by Gasteiger charge is -2.10. The quantitative estimate of drug-likeness (QED) is 0.924. The van der Waals surface area contributed by atoms with E-state index in [-0.39, 0.29) is 22.1 Å². The minimum absolute atomic E-state index is 0.0274. The van der Waals surface area contributed by atoms with Gasteiger partial charge in [0.25, 0.3) is 5.91 Å². The van der Waals surface area contributed by atoms with Gasteiger partial charge < -0.3 is 5.32 Å². The Bertz CT molecular complexity index is 655. The van der Waals surface area contributed by atoms with Crippen molar-refractivity contribution in [1.29, 1.82) is 0 Å². The Morgan fingerprint density at radius 1 is 1.35 bits per heavy atom. The van der Waals surface area contributed by atoms with Crippen molar-refractivity contribution >= 4 is 23.2 Å². The summed E-state index contributed by atoms with van der Waals surface area (Å²) in [5.74, 6) is -0.759. The topological polar surface area (TPSA) is 68.0 Å². The van der Waals surface area contributed by atoms with Crippen molar-refractivity contribution in [3.63, 3.8) is 0 Å². The second-order valence-corrected chi connectivity index (χ2v) is 4.25. The molecule has 0 aliphatic heterocycles. The lowest BCUT2D eigenvalue weighted by molar-refractivity contribution is -0.137. The van der Waals surface area contributed by atoms with Crippen LogP contribution in [0.4, 0.5) is 18.9 Å². The van der Waals surface area contributed by atoms with Crippen LogP contribution >= 0.6 is 11.6 Å². The number of alkyl halides is 3. The Hall–Kier alpha value is -2.09. The van der Waals surface area contributed by atoms with E-state index in [1.807, 2.05) is 0 Å². The van der Waals surface area contributed by atoms with Gasteiger partial charge in [0.2, 0.25) is 0 Å². The molecule has 0 saturated heterocycles. The molecular formula is C11H7ClF3N3O2. The average Bonchev–Trinajstić information content (AvgIpc) is 2.77. The molecule has 0 aliphatic rings. The van der Waals surface area contributed by atoms with Gasteiger partial charge in [-0.25, -0.2) is 4.63 Å².